The zero-order valence-corrected chi connectivity index (χ0v) is 10.1. The molecule has 8 heteroatoms. The molecule has 0 aromatic carbocycles. The third kappa shape index (κ3) is 2.92. The van der Waals surface area contributed by atoms with Gasteiger partial charge in [0.05, 0.1) is 11.5 Å². The smallest absolute Gasteiger partial charge is 0.251 e. The normalized spacial score (nSPS) is 22.7. The van der Waals surface area contributed by atoms with Gasteiger partial charge in [0.25, 0.3) is 5.95 Å². The summed E-state index contributed by atoms with van der Waals surface area (Å²) in [6.45, 7) is 0. The van der Waals surface area contributed by atoms with Crippen molar-refractivity contribution < 1.29 is 21.6 Å². The van der Waals surface area contributed by atoms with Crippen LogP contribution in [0.1, 0.15) is 12.8 Å². The first kappa shape index (κ1) is 13.1. The third-order valence-electron chi connectivity index (χ3n) is 2.69. The van der Waals surface area contributed by atoms with Crippen molar-refractivity contribution in [1.29, 1.82) is 0 Å². The molecule has 2 heterocycles. The first-order valence-corrected chi connectivity index (χ1v) is 7.18. The second kappa shape index (κ2) is 4.75. The van der Waals surface area contributed by atoms with Crippen molar-refractivity contribution >= 4 is 15.7 Å². The number of nitrogens with one attached hydrogen (secondary N) is 1. The lowest BCUT2D eigenvalue weighted by molar-refractivity contribution is 0.465. The first-order valence-electron chi connectivity index (χ1n) is 5.36. The van der Waals surface area contributed by atoms with Crippen LogP contribution in [0.25, 0.3) is 0 Å². The summed E-state index contributed by atoms with van der Waals surface area (Å²) in [6.07, 6.45) is 0.963. The molecule has 0 spiro atoms. The summed E-state index contributed by atoms with van der Waals surface area (Å²) in [6, 6.07) is -0.155. The number of hydrogen-bond donors (Lipinski definition) is 1. The summed E-state index contributed by atoms with van der Waals surface area (Å²) in [5.74, 6) is -4.37. The maximum Gasteiger partial charge on any atom is 0.251 e. The molecule has 1 aliphatic heterocycles. The van der Waals surface area contributed by atoms with Gasteiger partial charge in [-0.15, -0.1) is 0 Å². The largest absolute Gasteiger partial charge is 0.364 e. The SMILES string of the molecule is O=S1(=O)CCCC(Nc2nc(F)c(F)cc2F)C1. The summed E-state index contributed by atoms with van der Waals surface area (Å²) in [7, 11) is -3.16. The van der Waals surface area contributed by atoms with E-state index in [1.807, 2.05) is 0 Å². The Kier molecular flexibility index (Phi) is 3.47. The predicted molar refractivity (Wildman–Crippen MR) is 59.4 cm³/mol. The Hall–Kier alpha value is -1.31. The molecular formula is C10H11F3N2O2S. The fraction of sp³-hybridized carbons (Fsp3) is 0.500. The highest BCUT2D eigenvalue weighted by Gasteiger charge is 2.26. The van der Waals surface area contributed by atoms with Crippen molar-refractivity contribution in [1.82, 2.24) is 4.98 Å². The van der Waals surface area contributed by atoms with Gasteiger partial charge in [0.2, 0.25) is 0 Å². The van der Waals surface area contributed by atoms with E-state index in [2.05, 4.69) is 10.3 Å². The number of rotatable bonds is 2. The zero-order valence-electron chi connectivity index (χ0n) is 9.29. The van der Waals surface area contributed by atoms with Gasteiger partial charge in [0, 0.05) is 12.1 Å². The number of anilines is 1. The van der Waals surface area contributed by atoms with Crippen LogP contribution < -0.4 is 5.32 Å². The molecular weight excluding hydrogens is 269 g/mol. The van der Waals surface area contributed by atoms with E-state index in [4.69, 9.17) is 0 Å². The highest BCUT2D eigenvalue weighted by Crippen LogP contribution is 2.19. The summed E-state index contributed by atoms with van der Waals surface area (Å²) in [4.78, 5) is 3.09. The second-order valence-corrected chi connectivity index (χ2v) is 6.42. The van der Waals surface area contributed by atoms with Gasteiger partial charge in [0.15, 0.2) is 27.3 Å². The van der Waals surface area contributed by atoms with Crippen molar-refractivity contribution in [2.75, 3.05) is 16.8 Å². The molecule has 1 atom stereocenters. The molecule has 1 fully saturated rings. The first-order chi connectivity index (χ1) is 8.37. The minimum atomic E-state index is -3.16. The minimum absolute atomic E-state index is 0.0961. The van der Waals surface area contributed by atoms with Crippen molar-refractivity contribution in [2.45, 2.75) is 18.9 Å². The maximum atomic E-state index is 13.3. The van der Waals surface area contributed by atoms with Crippen molar-refractivity contribution in [3.63, 3.8) is 0 Å². The van der Waals surface area contributed by atoms with E-state index < -0.39 is 39.3 Å². The van der Waals surface area contributed by atoms with E-state index in [0.717, 1.165) is 0 Å². The zero-order chi connectivity index (χ0) is 13.3. The van der Waals surface area contributed by atoms with Crippen molar-refractivity contribution in [3.05, 3.63) is 23.6 Å². The molecule has 0 radical (unpaired) electrons. The van der Waals surface area contributed by atoms with Gasteiger partial charge in [-0.25, -0.2) is 17.2 Å². The van der Waals surface area contributed by atoms with E-state index in [9.17, 15) is 21.6 Å². The van der Waals surface area contributed by atoms with E-state index in [1.165, 1.54) is 0 Å². The Labute approximate surface area is 102 Å². The number of sulfone groups is 1. The van der Waals surface area contributed by atoms with E-state index in [-0.39, 0.29) is 11.5 Å². The van der Waals surface area contributed by atoms with Gasteiger partial charge in [-0.05, 0) is 12.8 Å². The number of hydrogen-bond acceptors (Lipinski definition) is 4. The fourth-order valence-corrected chi connectivity index (χ4v) is 3.51. The monoisotopic (exact) mass is 280 g/mol. The van der Waals surface area contributed by atoms with Gasteiger partial charge < -0.3 is 5.32 Å². The topological polar surface area (TPSA) is 59.1 Å². The third-order valence-corrected chi connectivity index (χ3v) is 4.51. The molecule has 1 unspecified atom stereocenters. The van der Waals surface area contributed by atoms with Gasteiger partial charge in [-0.1, -0.05) is 0 Å². The summed E-state index contributed by atoms with van der Waals surface area (Å²) >= 11 is 0. The highest BCUT2D eigenvalue weighted by molar-refractivity contribution is 7.91. The van der Waals surface area contributed by atoms with Gasteiger partial charge in [0.1, 0.15) is 0 Å². The van der Waals surface area contributed by atoms with Crippen LogP contribution in [-0.2, 0) is 9.84 Å². The van der Waals surface area contributed by atoms with Crippen LogP contribution in [-0.4, -0.2) is 30.9 Å². The maximum absolute atomic E-state index is 13.3. The molecule has 1 saturated heterocycles. The number of pyridine rings is 1. The molecule has 0 aliphatic carbocycles. The van der Waals surface area contributed by atoms with Gasteiger partial charge >= 0.3 is 0 Å². The highest BCUT2D eigenvalue weighted by atomic mass is 32.2. The molecule has 18 heavy (non-hydrogen) atoms. The Morgan fingerprint density at radius 3 is 2.67 bits per heavy atom. The van der Waals surface area contributed by atoms with E-state index >= 15 is 0 Å². The Morgan fingerprint density at radius 1 is 1.28 bits per heavy atom. The van der Waals surface area contributed by atoms with Crippen molar-refractivity contribution in [2.24, 2.45) is 0 Å². The van der Waals surface area contributed by atoms with Crippen LogP contribution in [0.3, 0.4) is 0 Å². The van der Waals surface area contributed by atoms with E-state index in [0.29, 0.717) is 18.9 Å². The summed E-state index contributed by atoms with van der Waals surface area (Å²) in [5.41, 5.74) is 0. The molecule has 2 rings (SSSR count). The van der Waals surface area contributed by atoms with E-state index in [1.54, 1.807) is 0 Å². The van der Waals surface area contributed by atoms with Crippen LogP contribution in [0, 0.1) is 17.6 Å². The molecule has 4 nitrogen and oxygen atoms in total. The number of nitrogens with zero attached hydrogens (tertiary/aromatic N) is 1. The van der Waals surface area contributed by atoms with Crippen LogP contribution in [0.15, 0.2) is 6.07 Å². The summed E-state index contributed by atoms with van der Waals surface area (Å²) < 4.78 is 61.5. The Balaban J connectivity index is 2.17. The molecule has 0 amide bonds. The summed E-state index contributed by atoms with van der Waals surface area (Å²) in [5, 5.41) is 2.50. The predicted octanol–water partition coefficient (Wildman–Crippen LogP) is 1.49. The molecule has 100 valence electrons. The molecule has 1 aromatic heterocycles. The van der Waals surface area contributed by atoms with Gasteiger partial charge in [-0.3, -0.25) is 0 Å². The lowest BCUT2D eigenvalue weighted by Gasteiger charge is -2.23. The Bertz CT molecular complexity index is 562. The van der Waals surface area contributed by atoms with Crippen LogP contribution in [0.2, 0.25) is 0 Å². The molecule has 1 aliphatic rings. The number of halogens is 3. The van der Waals surface area contributed by atoms with Crippen LogP contribution in [0.5, 0.6) is 0 Å². The van der Waals surface area contributed by atoms with Crippen molar-refractivity contribution in [3.8, 4) is 0 Å². The molecule has 1 aromatic rings. The molecule has 0 bridgehead atoms. The average molecular weight is 280 g/mol. The Morgan fingerprint density at radius 2 is 2.00 bits per heavy atom. The number of aromatic nitrogens is 1. The fourth-order valence-electron chi connectivity index (χ4n) is 1.88. The van der Waals surface area contributed by atoms with Crippen LogP contribution in [0.4, 0.5) is 19.0 Å². The molecule has 0 saturated carbocycles. The lowest BCUT2D eigenvalue weighted by Crippen LogP contribution is -2.35. The quantitative estimate of drug-likeness (QED) is 0.834. The van der Waals surface area contributed by atoms with Crippen LogP contribution >= 0.6 is 0 Å². The van der Waals surface area contributed by atoms with Gasteiger partial charge in [-0.2, -0.15) is 9.37 Å². The minimum Gasteiger partial charge on any atom is -0.364 e. The lowest BCUT2D eigenvalue weighted by atomic mass is 10.2. The standard InChI is InChI=1S/C10H11F3N2O2S/c11-7-4-8(12)10(15-9(7)13)14-6-2-1-3-18(16,17)5-6/h4,6H,1-3,5H2,(H,14,15). The average Bonchev–Trinajstić information content (AvgIpc) is 2.24. The second-order valence-electron chi connectivity index (χ2n) is 4.19. The molecule has 1 N–H and O–H groups in total.